The molecule has 0 atom stereocenters. The number of nitro groups is 1. The largest absolute Gasteiger partial charge is 0.502 e. The molecule has 116 valence electrons. The van der Waals surface area contributed by atoms with Gasteiger partial charge in [-0.3, -0.25) is 14.9 Å². The van der Waals surface area contributed by atoms with Crippen molar-refractivity contribution in [2.24, 2.45) is 10.2 Å². The number of aromatic hydroxyl groups is 1. The van der Waals surface area contributed by atoms with E-state index in [1.54, 1.807) is 6.07 Å². The van der Waals surface area contributed by atoms with Crippen LogP contribution in [0.2, 0.25) is 0 Å². The Morgan fingerprint density at radius 1 is 1.50 bits per heavy atom. The molecule has 0 unspecified atom stereocenters. The molecule has 1 saturated heterocycles. The van der Waals surface area contributed by atoms with Crippen molar-refractivity contribution in [3.8, 4) is 5.75 Å². The minimum Gasteiger partial charge on any atom is -0.502 e. The van der Waals surface area contributed by atoms with Gasteiger partial charge in [-0.25, -0.2) is 0 Å². The van der Waals surface area contributed by atoms with Gasteiger partial charge in [-0.05, 0) is 17.5 Å². The van der Waals surface area contributed by atoms with Crippen molar-refractivity contribution < 1.29 is 14.8 Å². The maximum Gasteiger partial charge on any atom is 0.311 e. The van der Waals surface area contributed by atoms with Crippen molar-refractivity contribution in [2.45, 2.75) is 19.8 Å². The summed E-state index contributed by atoms with van der Waals surface area (Å²) in [4.78, 5) is 21.3. The van der Waals surface area contributed by atoms with Crippen LogP contribution in [0.5, 0.6) is 5.75 Å². The Kier molecular flexibility index (Phi) is 4.76. The second-order valence-corrected chi connectivity index (χ2v) is 5.84. The molecular weight excluding hydrogens is 308 g/mol. The van der Waals surface area contributed by atoms with E-state index in [1.165, 1.54) is 24.0 Å². The second-order valence-electron chi connectivity index (χ2n) is 4.88. The average molecular weight is 322 g/mol. The van der Waals surface area contributed by atoms with E-state index >= 15 is 0 Å². The zero-order valence-electron chi connectivity index (χ0n) is 11.9. The molecule has 1 aliphatic heterocycles. The fourth-order valence-electron chi connectivity index (χ4n) is 1.76. The zero-order valence-corrected chi connectivity index (χ0v) is 12.8. The van der Waals surface area contributed by atoms with Crippen LogP contribution in [0.1, 0.15) is 30.9 Å². The monoisotopic (exact) mass is 322 g/mol. The summed E-state index contributed by atoms with van der Waals surface area (Å²) in [5.41, 5.74) is 0.544. The van der Waals surface area contributed by atoms with Crippen LogP contribution in [0.25, 0.3) is 0 Å². The van der Waals surface area contributed by atoms with E-state index in [0.717, 1.165) is 0 Å². The van der Waals surface area contributed by atoms with Crippen molar-refractivity contribution in [3.05, 3.63) is 33.4 Å². The Balaban J connectivity index is 2.33. The summed E-state index contributed by atoms with van der Waals surface area (Å²) in [6.07, 6.45) is 1.23. The highest BCUT2D eigenvalue weighted by atomic mass is 32.2. The van der Waals surface area contributed by atoms with Gasteiger partial charge in [0.2, 0.25) is 11.7 Å². The molecule has 1 amide bonds. The van der Waals surface area contributed by atoms with Gasteiger partial charge in [0.05, 0.1) is 16.9 Å². The van der Waals surface area contributed by atoms with E-state index in [4.69, 9.17) is 0 Å². The first-order valence-electron chi connectivity index (χ1n) is 6.43. The molecule has 2 N–H and O–H groups in total. The normalized spacial score (nSPS) is 16.7. The molecule has 9 heteroatoms. The van der Waals surface area contributed by atoms with Crippen LogP contribution < -0.4 is 5.32 Å². The fraction of sp³-hybridized carbons (Fsp3) is 0.308. The lowest BCUT2D eigenvalue weighted by molar-refractivity contribution is -0.385. The Morgan fingerprint density at radius 3 is 2.77 bits per heavy atom. The van der Waals surface area contributed by atoms with Crippen LogP contribution in [0.3, 0.4) is 0 Å². The van der Waals surface area contributed by atoms with E-state index < -0.39 is 10.7 Å². The number of carbonyl (C=O) groups excluding carboxylic acids is 1. The van der Waals surface area contributed by atoms with Crippen molar-refractivity contribution in [1.29, 1.82) is 0 Å². The lowest BCUT2D eigenvalue weighted by Crippen LogP contribution is -2.19. The van der Waals surface area contributed by atoms with E-state index in [2.05, 4.69) is 15.5 Å². The minimum atomic E-state index is -0.641. The number of phenols is 1. The second kappa shape index (κ2) is 6.56. The molecule has 1 aliphatic rings. The molecule has 0 bridgehead atoms. The Hall–Kier alpha value is -2.42. The van der Waals surface area contributed by atoms with Gasteiger partial charge < -0.3 is 10.4 Å². The first-order valence-corrected chi connectivity index (χ1v) is 7.42. The highest BCUT2D eigenvalue weighted by Crippen LogP contribution is 2.32. The van der Waals surface area contributed by atoms with Gasteiger partial charge in [0.1, 0.15) is 0 Å². The molecule has 0 aliphatic carbocycles. The number of hydrogen-bond acceptors (Lipinski definition) is 7. The summed E-state index contributed by atoms with van der Waals surface area (Å²) in [5.74, 6) is -0.267. The quantitative estimate of drug-likeness (QED) is 0.499. The molecule has 0 aromatic heterocycles. The van der Waals surface area contributed by atoms with E-state index in [0.29, 0.717) is 10.7 Å². The SMILES string of the molecule is CC(C)c1cc(C=NN=C2NC(=O)CS2)c(O)c([N+](=O)[O-])c1. The Bertz CT molecular complexity index is 685. The number of amides is 1. The Labute approximate surface area is 130 Å². The van der Waals surface area contributed by atoms with Gasteiger partial charge in [0, 0.05) is 11.6 Å². The third kappa shape index (κ3) is 3.61. The van der Waals surface area contributed by atoms with Crippen LogP contribution in [0.4, 0.5) is 5.69 Å². The number of phenolic OH excluding ortho intramolecular Hbond substituents is 1. The summed E-state index contributed by atoms with van der Waals surface area (Å²) in [6, 6.07) is 2.97. The minimum absolute atomic E-state index is 0.0578. The number of carbonyl (C=O) groups is 1. The fourth-order valence-corrected chi connectivity index (χ4v) is 2.39. The van der Waals surface area contributed by atoms with Crippen molar-refractivity contribution in [3.63, 3.8) is 0 Å². The van der Waals surface area contributed by atoms with Crippen molar-refractivity contribution >= 4 is 34.7 Å². The number of amidine groups is 1. The summed E-state index contributed by atoms with van der Waals surface area (Å²) >= 11 is 1.21. The number of hydrogen-bond donors (Lipinski definition) is 2. The maximum absolute atomic E-state index is 11.0. The lowest BCUT2D eigenvalue weighted by Gasteiger charge is -2.08. The molecule has 22 heavy (non-hydrogen) atoms. The van der Waals surface area contributed by atoms with Gasteiger partial charge in [-0.2, -0.15) is 5.10 Å². The third-order valence-electron chi connectivity index (χ3n) is 2.94. The third-order valence-corrected chi connectivity index (χ3v) is 3.80. The molecule has 1 heterocycles. The number of benzene rings is 1. The van der Waals surface area contributed by atoms with E-state index in [9.17, 15) is 20.0 Å². The van der Waals surface area contributed by atoms with Gasteiger partial charge in [0.15, 0.2) is 5.17 Å². The summed E-state index contributed by atoms with van der Waals surface area (Å²) in [5, 5.41) is 31.4. The molecule has 0 spiro atoms. The predicted octanol–water partition coefficient (Wildman–Crippen LogP) is 1.98. The number of nitrogens with zero attached hydrogens (tertiary/aromatic N) is 3. The van der Waals surface area contributed by atoms with Gasteiger partial charge in [-0.15, -0.1) is 5.10 Å². The topological polar surface area (TPSA) is 117 Å². The summed E-state index contributed by atoms with van der Waals surface area (Å²) in [7, 11) is 0. The van der Waals surface area contributed by atoms with Gasteiger partial charge in [-0.1, -0.05) is 25.6 Å². The number of thioether (sulfide) groups is 1. The molecule has 0 saturated carbocycles. The number of rotatable bonds is 4. The van der Waals surface area contributed by atoms with E-state index in [1.807, 2.05) is 13.8 Å². The number of nitrogens with one attached hydrogen (secondary N) is 1. The highest BCUT2D eigenvalue weighted by molar-refractivity contribution is 8.15. The summed E-state index contributed by atoms with van der Waals surface area (Å²) < 4.78 is 0. The van der Waals surface area contributed by atoms with Crippen LogP contribution >= 0.6 is 11.8 Å². The first kappa shape index (κ1) is 16.0. The first-order chi connectivity index (χ1) is 10.4. The van der Waals surface area contributed by atoms with Crippen molar-refractivity contribution in [1.82, 2.24) is 5.32 Å². The van der Waals surface area contributed by atoms with Gasteiger partial charge >= 0.3 is 5.69 Å². The van der Waals surface area contributed by atoms with E-state index in [-0.39, 0.29) is 28.8 Å². The smallest absolute Gasteiger partial charge is 0.311 e. The zero-order chi connectivity index (χ0) is 16.3. The van der Waals surface area contributed by atoms with Crippen molar-refractivity contribution in [2.75, 3.05) is 5.75 Å². The molecule has 1 aromatic carbocycles. The van der Waals surface area contributed by atoms with Crippen LogP contribution in [0.15, 0.2) is 22.3 Å². The molecule has 1 fully saturated rings. The molecular formula is C13H14N4O4S. The number of nitro benzene ring substituents is 1. The lowest BCUT2D eigenvalue weighted by atomic mass is 9.99. The predicted molar refractivity (Wildman–Crippen MR) is 84.5 cm³/mol. The molecule has 2 rings (SSSR count). The standard InChI is InChI=1S/C13H14N4O4S/c1-7(2)8-3-9(12(19)10(4-8)17(20)21)5-14-16-13-15-11(18)6-22-13/h3-5,7,19H,6H2,1-2H3,(H,15,16,18). The van der Waals surface area contributed by atoms with Crippen LogP contribution in [0, 0.1) is 10.1 Å². The molecule has 0 radical (unpaired) electrons. The van der Waals surface area contributed by atoms with Gasteiger partial charge in [0.25, 0.3) is 0 Å². The summed E-state index contributed by atoms with van der Waals surface area (Å²) in [6.45, 7) is 3.78. The maximum atomic E-state index is 11.0. The molecule has 1 aromatic rings. The van der Waals surface area contributed by atoms with Crippen LogP contribution in [-0.2, 0) is 4.79 Å². The molecule has 8 nitrogen and oxygen atoms in total. The highest BCUT2D eigenvalue weighted by Gasteiger charge is 2.19. The van der Waals surface area contributed by atoms with Crippen LogP contribution in [-0.4, -0.2) is 33.1 Å². The average Bonchev–Trinajstić information content (AvgIpc) is 2.85. The Morgan fingerprint density at radius 2 is 2.23 bits per heavy atom.